The fourth-order valence-corrected chi connectivity index (χ4v) is 3.67. The molecule has 0 saturated heterocycles. The van der Waals surface area contributed by atoms with Gasteiger partial charge in [-0.15, -0.1) is 0 Å². The minimum absolute atomic E-state index is 0.206. The van der Waals surface area contributed by atoms with Crippen LogP contribution in [0.4, 0.5) is 17.3 Å². The van der Waals surface area contributed by atoms with Crippen molar-refractivity contribution in [1.29, 1.82) is 0 Å². The average Bonchev–Trinajstić information content (AvgIpc) is 2.09. The molecule has 0 amide bonds. The molecule has 3 aliphatic carbocycles. The monoisotopic (exact) mass is 243 g/mol. The smallest absolute Gasteiger partial charge is 0.449 e. The van der Waals surface area contributed by atoms with E-state index in [9.17, 15) is 17.3 Å². The van der Waals surface area contributed by atoms with Crippen molar-refractivity contribution < 1.29 is 17.3 Å². The third kappa shape index (κ3) is 1.44. The van der Waals surface area contributed by atoms with Gasteiger partial charge in [-0.2, -0.15) is 0 Å². The Hall–Kier alpha value is -0.995. The lowest BCUT2D eigenvalue weighted by Gasteiger charge is -2.75. The van der Waals surface area contributed by atoms with E-state index in [0.717, 1.165) is 0 Å². The lowest BCUT2D eigenvalue weighted by atomic mass is 9.23. The van der Waals surface area contributed by atoms with Crippen LogP contribution in [-0.4, -0.2) is 6.98 Å². The molecular weight excluding hydrogens is 231 g/mol. The van der Waals surface area contributed by atoms with E-state index < -0.39 is 12.3 Å². The first-order valence-corrected chi connectivity index (χ1v) is 5.79. The van der Waals surface area contributed by atoms with E-state index >= 15 is 0 Å². The molecule has 92 valence electrons. The van der Waals surface area contributed by atoms with E-state index in [1.54, 1.807) is 18.2 Å². The summed E-state index contributed by atoms with van der Waals surface area (Å²) in [6.07, 6.45) is 1.07. The highest BCUT2D eigenvalue weighted by atomic mass is 19.4. The lowest BCUT2D eigenvalue weighted by Crippen LogP contribution is -2.65. The molecule has 4 rings (SSSR count). The van der Waals surface area contributed by atoms with Gasteiger partial charge in [-0.05, 0) is 23.5 Å². The van der Waals surface area contributed by atoms with Gasteiger partial charge in [0.15, 0.2) is 0 Å². The Morgan fingerprint density at radius 2 is 1.65 bits per heavy atom. The first kappa shape index (κ1) is 11.1. The van der Waals surface area contributed by atoms with Crippen molar-refractivity contribution in [3.8, 4) is 0 Å². The maximum atomic E-state index is 13.4. The summed E-state index contributed by atoms with van der Waals surface area (Å²) in [5.74, 6) is -0.302. The zero-order chi connectivity index (χ0) is 12.3. The summed E-state index contributed by atoms with van der Waals surface area (Å²) in [7, 11) is 0. The van der Waals surface area contributed by atoms with E-state index in [0.29, 0.717) is 12.0 Å². The predicted molar refractivity (Wildman–Crippen MR) is 58.2 cm³/mol. The molecule has 2 bridgehead atoms. The van der Waals surface area contributed by atoms with Crippen molar-refractivity contribution in [2.75, 3.05) is 0 Å². The number of hydrogen-bond donors (Lipinski definition) is 0. The molecule has 0 aliphatic heterocycles. The van der Waals surface area contributed by atoms with Crippen LogP contribution < -0.4 is 0 Å². The maximum Gasteiger partial charge on any atom is 0.484 e. The van der Waals surface area contributed by atoms with Gasteiger partial charge in [0.05, 0.1) is 0 Å². The third-order valence-corrected chi connectivity index (χ3v) is 4.40. The fraction of sp³-hybridized carbons (Fsp3) is 0.500. The molecule has 0 N–H and O–H groups in total. The summed E-state index contributed by atoms with van der Waals surface area (Å²) < 4.78 is 51.5. The van der Waals surface area contributed by atoms with Crippen molar-refractivity contribution in [2.24, 2.45) is 5.41 Å². The molecule has 5 heteroatoms. The highest BCUT2D eigenvalue weighted by Crippen LogP contribution is 2.83. The Labute approximate surface area is 97.1 Å². The zero-order valence-electron chi connectivity index (χ0n) is 9.23. The number of benzene rings is 1. The Morgan fingerprint density at radius 1 is 1.06 bits per heavy atom. The van der Waals surface area contributed by atoms with Crippen LogP contribution in [0.1, 0.15) is 24.8 Å². The molecule has 0 nitrogen and oxygen atoms in total. The summed E-state index contributed by atoms with van der Waals surface area (Å²) in [5.41, 5.74) is 0.287. The standard InChI is InChI=1S/C12H12BF4/c14-10-4-2-1-3-9(10)5-11-6-12(7-11,8-11)13(15,16)17/h1-4H,5-8H2/q-1. The van der Waals surface area contributed by atoms with E-state index in [2.05, 4.69) is 0 Å². The zero-order valence-corrected chi connectivity index (χ0v) is 9.23. The van der Waals surface area contributed by atoms with Gasteiger partial charge in [0.1, 0.15) is 5.82 Å². The van der Waals surface area contributed by atoms with Crippen molar-refractivity contribution in [3.05, 3.63) is 35.6 Å². The highest BCUT2D eigenvalue weighted by Gasteiger charge is 2.73. The van der Waals surface area contributed by atoms with E-state index in [1.807, 2.05) is 0 Å². The molecule has 17 heavy (non-hydrogen) atoms. The molecule has 0 aromatic heterocycles. The van der Waals surface area contributed by atoms with Crippen molar-refractivity contribution >= 4 is 6.98 Å². The molecule has 0 spiro atoms. The van der Waals surface area contributed by atoms with Crippen molar-refractivity contribution in [2.45, 2.75) is 31.0 Å². The van der Waals surface area contributed by atoms with E-state index in [-0.39, 0.29) is 30.5 Å². The molecule has 0 heterocycles. The number of halogens is 4. The Balaban J connectivity index is 1.71. The van der Waals surface area contributed by atoms with Crippen LogP contribution in [0.3, 0.4) is 0 Å². The molecular formula is C12H12BF4-. The fourth-order valence-electron chi connectivity index (χ4n) is 3.67. The van der Waals surface area contributed by atoms with Crippen molar-refractivity contribution in [3.63, 3.8) is 0 Å². The normalized spacial score (nSPS) is 35.1. The summed E-state index contributed by atoms with van der Waals surface area (Å²) >= 11 is 0. The molecule has 3 fully saturated rings. The van der Waals surface area contributed by atoms with E-state index in [1.165, 1.54) is 6.07 Å². The van der Waals surface area contributed by atoms with Crippen LogP contribution in [-0.2, 0) is 6.42 Å². The van der Waals surface area contributed by atoms with E-state index in [4.69, 9.17) is 0 Å². The summed E-state index contributed by atoms with van der Waals surface area (Å²) in [6.45, 7) is -4.72. The second-order valence-corrected chi connectivity index (χ2v) is 5.74. The van der Waals surface area contributed by atoms with Crippen molar-refractivity contribution in [1.82, 2.24) is 0 Å². The summed E-state index contributed by atoms with van der Waals surface area (Å²) in [4.78, 5) is 0. The molecule has 3 saturated carbocycles. The van der Waals surface area contributed by atoms with Crippen LogP contribution in [0.15, 0.2) is 24.3 Å². The quantitative estimate of drug-likeness (QED) is 0.552. The first-order valence-electron chi connectivity index (χ1n) is 5.79. The van der Waals surface area contributed by atoms with Crippen LogP contribution in [0, 0.1) is 11.2 Å². The SMILES string of the molecule is Fc1ccccc1CC12CC([B-](F)(F)F)(C1)C2. The summed E-state index contributed by atoms with van der Waals surface area (Å²) in [6, 6.07) is 6.36. The minimum atomic E-state index is -4.72. The van der Waals surface area contributed by atoms with Crippen LogP contribution in [0.2, 0.25) is 5.31 Å². The van der Waals surface area contributed by atoms with Crippen LogP contribution in [0.5, 0.6) is 0 Å². The predicted octanol–water partition coefficient (Wildman–Crippen LogP) is 4.14. The van der Waals surface area contributed by atoms with Gasteiger partial charge < -0.3 is 12.9 Å². The minimum Gasteiger partial charge on any atom is -0.449 e. The van der Waals surface area contributed by atoms with Gasteiger partial charge in [-0.3, -0.25) is 0 Å². The molecule has 1 aromatic carbocycles. The second-order valence-electron chi connectivity index (χ2n) is 5.74. The van der Waals surface area contributed by atoms with Gasteiger partial charge in [0.25, 0.3) is 0 Å². The highest BCUT2D eigenvalue weighted by molar-refractivity contribution is 6.63. The van der Waals surface area contributed by atoms with Gasteiger partial charge in [-0.1, -0.05) is 42.8 Å². The van der Waals surface area contributed by atoms with Gasteiger partial charge in [-0.25, -0.2) is 4.39 Å². The average molecular weight is 243 g/mol. The molecule has 0 atom stereocenters. The summed E-state index contributed by atoms with van der Waals surface area (Å²) in [5, 5.41) is -1.37. The lowest BCUT2D eigenvalue weighted by molar-refractivity contribution is -0.112. The molecule has 1 aromatic rings. The largest absolute Gasteiger partial charge is 0.484 e. The van der Waals surface area contributed by atoms with Gasteiger partial charge in [0.2, 0.25) is 0 Å². The Morgan fingerprint density at radius 3 is 2.18 bits per heavy atom. The van der Waals surface area contributed by atoms with Gasteiger partial charge in [0, 0.05) is 0 Å². The number of hydrogen-bond acceptors (Lipinski definition) is 0. The molecule has 0 radical (unpaired) electrons. The third-order valence-electron chi connectivity index (χ3n) is 4.40. The van der Waals surface area contributed by atoms with Crippen LogP contribution in [0.25, 0.3) is 0 Å². The molecule has 3 aliphatic rings. The second kappa shape index (κ2) is 3.06. The van der Waals surface area contributed by atoms with Crippen LogP contribution >= 0.6 is 0 Å². The first-order chi connectivity index (χ1) is 7.86. The Kier molecular flexibility index (Phi) is 2.00. The maximum absolute atomic E-state index is 13.4. The Bertz CT molecular complexity index is 446. The number of rotatable bonds is 3. The topological polar surface area (TPSA) is 0 Å². The molecule has 0 unspecified atom stereocenters. The van der Waals surface area contributed by atoms with Gasteiger partial charge >= 0.3 is 6.98 Å².